The van der Waals surface area contributed by atoms with E-state index in [1.807, 2.05) is 30.3 Å². The zero-order valence-electron chi connectivity index (χ0n) is 14.3. The van der Waals surface area contributed by atoms with E-state index in [0.29, 0.717) is 6.54 Å². The van der Waals surface area contributed by atoms with E-state index >= 15 is 0 Å². The molecule has 0 bridgehead atoms. The van der Waals surface area contributed by atoms with Gasteiger partial charge in [-0.05, 0) is 12.0 Å². The summed E-state index contributed by atoms with van der Waals surface area (Å²) >= 11 is 0. The number of piperazine rings is 1. The summed E-state index contributed by atoms with van der Waals surface area (Å²) in [6.45, 7) is 0.688. The Hall–Kier alpha value is -2.90. The van der Waals surface area contributed by atoms with Crippen molar-refractivity contribution < 1.29 is 29.0 Å². The normalized spacial score (nSPS) is 16.7. The smallest absolute Gasteiger partial charge is 0.308 e. The average Bonchev–Trinajstić information content (AvgIpc) is 2.62. The molecule has 0 spiro atoms. The predicted molar refractivity (Wildman–Crippen MR) is 90.9 cm³/mol. The summed E-state index contributed by atoms with van der Waals surface area (Å²) in [6.07, 6.45) is -0.133. The van der Waals surface area contributed by atoms with E-state index in [-0.39, 0.29) is 44.7 Å². The molecule has 0 aliphatic carbocycles. The molecule has 8 heteroatoms. The molecule has 0 unspecified atom stereocenters. The van der Waals surface area contributed by atoms with Crippen LogP contribution in [0.3, 0.4) is 0 Å². The van der Waals surface area contributed by atoms with Crippen molar-refractivity contribution in [1.29, 1.82) is 0 Å². The van der Waals surface area contributed by atoms with Gasteiger partial charge in [-0.25, -0.2) is 0 Å². The summed E-state index contributed by atoms with van der Waals surface area (Å²) in [5.41, 5.74) is 0.829. The van der Waals surface area contributed by atoms with Gasteiger partial charge in [-0.15, -0.1) is 0 Å². The number of nitrogens with zero attached hydrogens (tertiary/aromatic N) is 1. The number of carboxylic acid groups (broad SMARTS) is 1. The van der Waals surface area contributed by atoms with Crippen LogP contribution in [-0.4, -0.2) is 52.9 Å². The predicted octanol–water partition coefficient (Wildman–Crippen LogP) is 0.702. The van der Waals surface area contributed by atoms with E-state index in [9.17, 15) is 19.2 Å². The highest BCUT2D eigenvalue weighted by atomic mass is 16.5. The van der Waals surface area contributed by atoms with E-state index in [2.05, 4.69) is 5.32 Å². The quantitative estimate of drug-likeness (QED) is 0.658. The molecule has 1 aromatic rings. The number of carboxylic acids is 1. The maximum atomic E-state index is 12.3. The lowest BCUT2D eigenvalue weighted by Gasteiger charge is -2.34. The summed E-state index contributed by atoms with van der Waals surface area (Å²) in [6, 6.07) is 8.22. The highest BCUT2D eigenvalue weighted by molar-refractivity contribution is 5.92. The number of carbonyl (C=O) groups is 4. The summed E-state index contributed by atoms with van der Waals surface area (Å²) in [4.78, 5) is 48.4. The molecule has 1 heterocycles. The van der Waals surface area contributed by atoms with E-state index in [0.717, 1.165) is 5.56 Å². The van der Waals surface area contributed by atoms with Gasteiger partial charge in [0.05, 0.1) is 6.42 Å². The zero-order chi connectivity index (χ0) is 18.9. The molecule has 26 heavy (non-hydrogen) atoms. The monoisotopic (exact) mass is 362 g/mol. The van der Waals surface area contributed by atoms with Gasteiger partial charge >= 0.3 is 11.9 Å². The van der Waals surface area contributed by atoms with Crippen molar-refractivity contribution in [3.8, 4) is 0 Å². The third kappa shape index (κ3) is 5.87. The lowest BCUT2D eigenvalue weighted by atomic mass is 10.1. The first-order valence-corrected chi connectivity index (χ1v) is 8.46. The fraction of sp³-hybridized carbons (Fsp3) is 0.444. The van der Waals surface area contributed by atoms with Crippen LogP contribution in [0.15, 0.2) is 30.3 Å². The van der Waals surface area contributed by atoms with Crippen molar-refractivity contribution in [1.82, 2.24) is 10.2 Å². The minimum atomic E-state index is -0.977. The molecule has 8 nitrogen and oxygen atoms in total. The number of rotatable bonds is 8. The van der Waals surface area contributed by atoms with Gasteiger partial charge in [0.25, 0.3) is 0 Å². The molecule has 0 aromatic heterocycles. The number of amides is 2. The van der Waals surface area contributed by atoms with Crippen LogP contribution < -0.4 is 5.32 Å². The molecule has 1 aliphatic rings. The number of carbonyl (C=O) groups excluding carboxylic acids is 3. The number of esters is 1. The number of hydrogen-bond acceptors (Lipinski definition) is 5. The summed E-state index contributed by atoms with van der Waals surface area (Å²) in [5, 5.41) is 11.3. The van der Waals surface area contributed by atoms with Crippen molar-refractivity contribution in [3.05, 3.63) is 35.9 Å². The number of nitrogens with one attached hydrogen (secondary N) is 1. The third-order valence-electron chi connectivity index (χ3n) is 4.04. The first-order chi connectivity index (χ1) is 12.5. The van der Waals surface area contributed by atoms with Crippen LogP contribution in [0.4, 0.5) is 0 Å². The van der Waals surface area contributed by atoms with Crippen molar-refractivity contribution in [2.24, 2.45) is 0 Å². The molecule has 2 rings (SSSR count). The zero-order valence-corrected chi connectivity index (χ0v) is 14.3. The van der Waals surface area contributed by atoms with Crippen LogP contribution in [0.25, 0.3) is 0 Å². The lowest BCUT2D eigenvalue weighted by Crippen LogP contribution is -2.57. The average molecular weight is 362 g/mol. The van der Waals surface area contributed by atoms with Gasteiger partial charge in [0.2, 0.25) is 11.8 Å². The second kappa shape index (κ2) is 9.55. The van der Waals surface area contributed by atoms with Crippen LogP contribution >= 0.6 is 0 Å². The van der Waals surface area contributed by atoms with Crippen molar-refractivity contribution in [3.63, 3.8) is 0 Å². The fourth-order valence-electron chi connectivity index (χ4n) is 2.71. The molecule has 1 fully saturated rings. The van der Waals surface area contributed by atoms with Crippen molar-refractivity contribution in [2.45, 2.75) is 38.3 Å². The Balaban J connectivity index is 1.90. The van der Waals surface area contributed by atoms with E-state index in [1.165, 1.54) is 4.90 Å². The van der Waals surface area contributed by atoms with Gasteiger partial charge in [0.1, 0.15) is 12.6 Å². The van der Waals surface area contributed by atoms with Crippen molar-refractivity contribution in [2.75, 3.05) is 13.1 Å². The molecule has 1 atom stereocenters. The Morgan fingerprint density at radius 2 is 1.92 bits per heavy atom. The van der Waals surface area contributed by atoms with Crippen molar-refractivity contribution >= 4 is 23.8 Å². The van der Waals surface area contributed by atoms with Gasteiger partial charge in [-0.3, -0.25) is 19.2 Å². The third-order valence-corrected chi connectivity index (χ3v) is 4.04. The first kappa shape index (κ1) is 19.4. The van der Waals surface area contributed by atoms with Crippen LogP contribution in [0.2, 0.25) is 0 Å². The second-order valence-electron chi connectivity index (χ2n) is 5.99. The standard InChI is InChI=1S/C18H22N2O6/c21-15(7-4-8-16(22)23)20-10-9-19-18(25)14(20)11-17(24)26-12-13-5-2-1-3-6-13/h1-3,5-6,14H,4,7-12H2,(H,19,25)(H,22,23)/t14-/m1/s1. The van der Waals surface area contributed by atoms with E-state index in [1.54, 1.807) is 0 Å². The number of hydrogen-bond donors (Lipinski definition) is 2. The molecular weight excluding hydrogens is 340 g/mol. The van der Waals surface area contributed by atoms with Crippen LogP contribution in [0, 0.1) is 0 Å². The Labute approximate surface area is 151 Å². The van der Waals surface area contributed by atoms with Crippen LogP contribution in [0.5, 0.6) is 0 Å². The Kier molecular flexibility index (Phi) is 7.13. The minimum Gasteiger partial charge on any atom is -0.481 e. The summed E-state index contributed by atoms with van der Waals surface area (Å²) in [5.74, 6) is -2.28. The maximum Gasteiger partial charge on any atom is 0.308 e. The summed E-state index contributed by atoms with van der Waals surface area (Å²) < 4.78 is 5.19. The topological polar surface area (TPSA) is 113 Å². The Bertz CT molecular complexity index is 661. The second-order valence-corrected chi connectivity index (χ2v) is 5.99. The van der Waals surface area contributed by atoms with Gasteiger partial charge < -0.3 is 20.1 Å². The largest absolute Gasteiger partial charge is 0.481 e. The number of aliphatic carboxylic acids is 1. The fourth-order valence-corrected chi connectivity index (χ4v) is 2.71. The van der Waals surface area contributed by atoms with E-state index in [4.69, 9.17) is 9.84 Å². The Morgan fingerprint density at radius 3 is 2.62 bits per heavy atom. The molecule has 2 amide bonds. The SMILES string of the molecule is O=C(O)CCCC(=O)N1CCNC(=O)[C@H]1CC(=O)OCc1ccccc1. The minimum absolute atomic E-state index is 0.0230. The summed E-state index contributed by atoms with van der Waals surface area (Å²) in [7, 11) is 0. The van der Waals surface area contributed by atoms with E-state index < -0.39 is 23.9 Å². The first-order valence-electron chi connectivity index (χ1n) is 8.46. The molecule has 0 radical (unpaired) electrons. The molecule has 0 saturated carbocycles. The number of benzene rings is 1. The maximum absolute atomic E-state index is 12.3. The molecule has 1 aromatic carbocycles. The number of ether oxygens (including phenoxy) is 1. The highest BCUT2D eigenvalue weighted by Crippen LogP contribution is 2.14. The van der Waals surface area contributed by atoms with Gasteiger partial charge in [-0.2, -0.15) is 0 Å². The van der Waals surface area contributed by atoms with Gasteiger partial charge in [0.15, 0.2) is 0 Å². The van der Waals surface area contributed by atoms with Crippen LogP contribution in [-0.2, 0) is 30.5 Å². The molecule has 1 aliphatic heterocycles. The molecule has 140 valence electrons. The lowest BCUT2D eigenvalue weighted by molar-refractivity contribution is -0.152. The highest BCUT2D eigenvalue weighted by Gasteiger charge is 2.34. The molecular formula is C18H22N2O6. The molecule has 2 N–H and O–H groups in total. The molecule has 1 saturated heterocycles. The Morgan fingerprint density at radius 1 is 1.19 bits per heavy atom. The van der Waals surface area contributed by atoms with Crippen LogP contribution in [0.1, 0.15) is 31.2 Å². The van der Waals surface area contributed by atoms with Gasteiger partial charge in [-0.1, -0.05) is 30.3 Å². The van der Waals surface area contributed by atoms with Gasteiger partial charge in [0, 0.05) is 25.9 Å².